The first kappa shape index (κ1) is 16.6. The van der Waals surface area contributed by atoms with Crippen LogP contribution in [-0.4, -0.2) is 37.6 Å². The van der Waals surface area contributed by atoms with Gasteiger partial charge < -0.3 is 14.5 Å². The van der Waals surface area contributed by atoms with E-state index >= 15 is 0 Å². The lowest BCUT2D eigenvalue weighted by atomic mass is 10.1. The summed E-state index contributed by atoms with van der Waals surface area (Å²) in [6.07, 6.45) is 5.37. The highest BCUT2D eigenvalue weighted by Crippen LogP contribution is 2.24. The van der Waals surface area contributed by atoms with E-state index < -0.39 is 0 Å². The van der Waals surface area contributed by atoms with Crippen LogP contribution < -0.4 is 10.1 Å². The van der Waals surface area contributed by atoms with Crippen LogP contribution in [0.4, 0.5) is 0 Å². The van der Waals surface area contributed by atoms with E-state index in [-0.39, 0.29) is 11.9 Å². The molecule has 2 heterocycles. The van der Waals surface area contributed by atoms with Gasteiger partial charge in [-0.2, -0.15) is 0 Å². The summed E-state index contributed by atoms with van der Waals surface area (Å²) < 4.78 is 10.7. The van der Waals surface area contributed by atoms with E-state index in [2.05, 4.69) is 10.2 Å². The van der Waals surface area contributed by atoms with Gasteiger partial charge in [0, 0.05) is 12.1 Å². The molecule has 128 valence electrons. The summed E-state index contributed by atoms with van der Waals surface area (Å²) in [5.74, 6) is 1.58. The maximum Gasteiger partial charge on any atom is 0.251 e. The second-order valence-corrected chi connectivity index (χ2v) is 6.07. The number of nitrogens with zero attached hydrogens (tertiary/aromatic N) is 1. The van der Waals surface area contributed by atoms with Gasteiger partial charge in [-0.25, -0.2) is 0 Å². The van der Waals surface area contributed by atoms with Crippen LogP contribution in [0.1, 0.15) is 41.4 Å². The minimum absolute atomic E-state index is 0.0776. The Morgan fingerprint density at radius 1 is 1.21 bits per heavy atom. The van der Waals surface area contributed by atoms with Crippen molar-refractivity contribution >= 4 is 5.91 Å². The van der Waals surface area contributed by atoms with E-state index in [9.17, 15) is 4.79 Å². The van der Waals surface area contributed by atoms with Crippen LogP contribution >= 0.6 is 0 Å². The molecular formula is C19H24N2O3. The van der Waals surface area contributed by atoms with Gasteiger partial charge in [0.15, 0.2) is 0 Å². The second-order valence-electron chi connectivity index (χ2n) is 6.07. The molecule has 0 radical (unpaired) electrons. The molecule has 1 amide bonds. The molecular weight excluding hydrogens is 304 g/mol. The molecule has 3 rings (SSSR count). The Labute approximate surface area is 142 Å². The molecule has 1 aromatic carbocycles. The fourth-order valence-corrected chi connectivity index (χ4v) is 3.15. The van der Waals surface area contributed by atoms with E-state index in [1.807, 2.05) is 12.1 Å². The van der Waals surface area contributed by atoms with Crippen molar-refractivity contribution in [3.8, 4) is 5.75 Å². The molecule has 1 saturated heterocycles. The summed E-state index contributed by atoms with van der Waals surface area (Å²) in [4.78, 5) is 14.8. The number of piperidine rings is 1. The van der Waals surface area contributed by atoms with Gasteiger partial charge in [0.2, 0.25) is 0 Å². The SMILES string of the molecule is COc1ccc(C(=O)NCC(c2ccco2)N2CCCCC2)cc1. The number of benzene rings is 1. The van der Waals surface area contributed by atoms with E-state index in [1.165, 1.54) is 19.3 Å². The number of hydrogen-bond donors (Lipinski definition) is 1. The highest BCUT2D eigenvalue weighted by Gasteiger charge is 2.25. The lowest BCUT2D eigenvalue weighted by Gasteiger charge is -2.33. The molecule has 1 atom stereocenters. The first-order chi connectivity index (χ1) is 11.8. The molecule has 5 heteroatoms. The number of nitrogens with one attached hydrogen (secondary N) is 1. The van der Waals surface area contributed by atoms with E-state index in [0.717, 1.165) is 24.6 Å². The first-order valence-corrected chi connectivity index (χ1v) is 8.47. The summed E-state index contributed by atoms with van der Waals surface area (Å²) in [6.45, 7) is 2.63. The third kappa shape index (κ3) is 3.97. The summed E-state index contributed by atoms with van der Waals surface area (Å²) in [7, 11) is 1.61. The van der Waals surface area contributed by atoms with Crippen LogP contribution in [0.5, 0.6) is 5.75 Å². The molecule has 1 aliphatic heterocycles. The summed E-state index contributed by atoms with van der Waals surface area (Å²) in [5, 5.41) is 3.04. The smallest absolute Gasteiger partial charge is 0.251 e. The van der Waals surface area contributed by atoms with E-state index in [4.69, 9.17) is 9.15 Å². The Morgan fingerprint density at radius 3 is 2.58 bits per heavy atom. The molecule has 1 N–H and O–H groups in total. The first-order valence-electron chi connectivity index (χ1n) is 8.47. The van der Waals surface area contributed by atoms with Crippen molar-refractivity contribution in [3.05, 3.63) is 54.0 Å². The Hall–Kier alpha value is -2.27. The van der Waals surface area contributed by atoms with Gasteiger partial charge in [0.25, 0.3) is 5.91 Å². The zero-order valence-corrected chi connectivity index (χ0v) is 14.0. The van der Waals surface area contributed by atoms with Crippen molar-refractivity contribution in [1.29, 1.82) is 0 Å². The van der Waals surface area contributed by atoms with E-state index in [0.29, 0.717) is 12.1 Å². The van der Waals surface area contributed by atoms with Crippen molar-refractivity contribution in [2.45, 2.75) is 25.3 Å². The lowest BCUT2D eigenvalue weighted by molar-refractivity contribution is 0.0914. The summed E-state index contributed by atoms with van der Waals surface area (Å²) in [5.41, 5.74) is 0.632. The number of carbonyl (C=O) groups is 1. The molecule has 5 nitrogen and oxygen atoms in total. The average molecular weight is 328 g/mol. The van der Waals surface area contributed by atoms with Gasteiger partial charge in [-0.3, -0.25) is 9.69 Å². The minimum atomic E-state index is -0.0776. The zero-order valence-electron chi connectivity index (χ0n) is 14.0. The molecule has 24 heavy (non-hydrogen) atoms. The van der Waals surface area contributed by atoms with Crippen molar-refractivity contribution < 1.29 is 13.9 Å². The molecule has 0 spiro atoms. The molecule has 1 aromatic heterocycles. The zero-order chi connectivity index (χ0) is 16.8. The van der Waals surface area contributed by atoms with Crippen LogP contribution in [0, 0.1) is 0 Å². The largest absolute Gasteiger partial charge is 0.497 e. The molecule has 0 bridgehead atoms. The molecule has 1 aliphatic rings. The number of furan rings is 1. The van der Waals surface area contributed by atoms with Crippen molar-refractivity contribution in [3.63, 3.8) is 0 Å². The fourth-order valence-electron chi connectivity index (χ4n) is 3.15. The van der Waals surface area contributed by atoms with E-state index in [1.54, 1.807) is 37.6 Å². The average Bonchev–Trinajstić information content (AvgIpc) is 3.17. The molecule has 0 saturated carbocycles. The summed E-state index contributed by atoms with van der Waals surface area (Å²) >= 11 is 0. The van der Waals surface area contributed by atoms with Crippen LogP contribution in [0.25, 0.3) is 0 Å². The maximum atomic E-state index is 12.4. The fraction of sp³-hybridized carbons (Fsp3) is 0.421. The monoisotopic (exact) mass is 328 g/mol. The number of likely N-dealkylation sites (tertiary alicyclic amines) is 1. The lowest BCUT2D eigenvalue weighted by Crippen LogP contribution is -2.40. The van der Waals surface area contributed by atoms with Crippen LogP contribution in [0.2, 0.25) is 0 Å². The Bertz CT molecular complexity index is 631. The molecule has 2 aromatic rings. The van der Waals surface area contributed by atoms with Gasteiger partial charge in [-0.1, -0.05) is 6.42 Å². The third-order valence-corrected chi connectivity index (χ3v) is 4.51. The predicted octanol–water partition coefficient (Wildman–Crippen LogP) is 3.25. The van der Waals surface area contributed by atoms with Crippen LogP contribution in [0.3, 0.4) is 0 Å². The Morgan fingerprint density at radius 2 is 1.96 bits per heavy atom. The van der Waals surface area contributed by atoms with Crippen LogP contribution in [-0.2, 0) is 0 Å². The number of rotatable bonds is 6. The third-order valence-electron chi connectivity index (χ3n) is 4.51. The summed E-state index contributed by atoms with van der Waals surface area (Å²) in [6, 6.07) is 11.1. The quantitative estimate of drug-likeness (QED) is 0.884. The standard InChI is InChI=1S/C19H24N2O3/c1-23-16-9-7-15(8-10-16)19(22)20-14-17(18-6-5-13-24-18)21-11-3-2-4-12-21/h5-10,13,17H,2-4,11-12,14H2,1H3,(H,20,22). The van der Waals surface area contributed by atoms with Gasteiger partial charge >= 0.3 is 0 Å². The maximum absolute atomic E-state index is 12.4. The highest BCUT2D eigenvalue weighted by atomic mass is 16.5. The highest BCUT2D eigenvalue weighted by molar-refractivity contribution is 5.94. The minimum Gasteiger partial charge on any atom is -0.497 e. The van der Waals surface area contributed by atoms with Gasteiger partial charge in [-0.15, -0.1) is 0 Å². The van der Waals surface area contributed by atoms with Crippen molar-refractivity contribution in [1.82, 2.24) is 10.2 Å². The number of ether oxygens (including phenoxy) is 1. The predicted molar refractivity (Wildman–Crippen MR) is 92.2 cm³/mol. The van der Waals surface area contributed by atoms with Crippen LogP contribution in [0.15, 0.2) is 47.1 Å². The normalized spacial score (nSPS) is 16.5. The Balaban J connectivity index is 1.65. The Kier molecular flexibility index (Phi) is 5.54. The molecule has 0 aliphatic carbocycles. The van der Waals surface area contributed by atoms with Crippen molar-refractivity contribution in [2.75, 3.05) is 26.7 Å². The number of amides is 1. The van der Waals surface area contributed by atoms with Gasteiger partial charge in [0.05, 0.1) is 19.4 Å². The molecule has 1 fully saturated rings. The molecule has 1 unspecified atom stereocenters. The van der Waals surface area contributed by atoms with Crippen molar-refractivity contribution in [2.24, 2.45) is 0 Å². The number of hydrogen-bond acceptors (Lipinski definition) is 4. The number of methoxy groups -OCH3 is 1. The van der Waals surface area contributed by atoms with Gasteiger partial charge in [0.1, 0.15) is 11.5 Å². The number of carbonyl (C=O) groups excluding carboxylic acids is 1. The topological polar surface area (TPSA) is 54.7 Å². The van der Waals surface area contributed by atoms with Gasteiger partial charge in [-0.05, 0) is 62.3 Å². The second kappa shape index (κ2) is 8.02.